The van der Waals surface area contributed by atoms with Gasteiger partial charge in [0.1, 0.15) is 5.56 Å². The van der Waals surface area contributed by atoms with Crippen molar-refractivity contribution >= 4 is 17.5 Å². The maximum absolute atomic E-state index is 12.3. The second kappa shape index (κ2) is 5.51. The highest BCUT2D eigenvalue weighted by molar-refractivity contribution is 6.00. The van der Waals surface area contributed by atoms with Crippen molar-refractivity contribution in [2.24, 2.45) is 5.92 Å². The summed E-state index contributed by atoms with van der Waals surface area (Å²) in [5, 5.41) is 15.8. The van der Waals surface area contributed by atoms with Crippen LogP contribution in [0.3, 0.4) is 0 Å². The van der Waals surface area contributed by atoms with E-state index in [1.165, 1.54) is 6.20 Å². The van der Waals surface area contributed by atoms with Crippen molar-refractivity contribution in [3.63, 3.8) is 0 Å². The number of hydrogen-bond donors (Lipinski definition) is 2. The Morgan fingerprint density at radius 1 is 1.33 bits per heavy atom. The molecule has 2 unspecified atom stereocenters. The van der Waals surface area contributed by atoms with Gasteiger partial charge in [0.2, 0.25) is 0 Å². The summed E-state index contributed by atoms with van der Waals surface area (Å²) in [5.41, 5.74) is 2.48. The minimum Gasteiger partial charge on any atom is -0.481 e. The Morgan fingerprint density at radius 3 is 2.62 bits per heavy atom. The van der Waals surface area contributed by atoms with Gasteiger partial charge in [-0.2, -0.15) is 5.10 Å². The number of carbonyl (C=O) groups excluding carboxylic acids is 1. The smallest absolute Gasteiger partial charge is 0.308 e. The summed E-state index contributed by atoms with van der Waals surface area (Å²) in [6.45, 7) is 6.94. The summed E-state index contributed by atoms with van der Waals surface area (Å²) >= 11 is 0. The van der Waals surface area contributed by atoms with Crippen molar-refractivity contribution in [2.75, 3.05) is 0 Å². The zero-order chi connectivity index (χ0) is 15.7. The predicted octanol–water partition coefficient (Wildman–Crippen LogP) is 1.19. The Morgan fingerprint density at radius 2 is 2.00 bits per heavy atom. The zero-order valence-electron chi connectivity index (χ0n) is 12.4. The molecule has 0 aliphatic heterocycles. The van der Waals surface area contributed by atoms with Crippen molar-refractivity contribution in [2.45, 2.75) is 33.7 Å². The molecule has 0 fully saturated rings. The maximum Gasteiger partial charge on any atom is 0.308 e. The largest absolute Gasteiger partial charge is 0.481 e. The molecule has 2 N–H and O–H groups in total. The van der Waals surface area contributed by atoms with Gasteiger partial charge in [-0.15, -0.1) is 0 Å². The average Bonchev–Trinajstić information content (AvgIpc) is 2.81. The number of carboxylic acids is 1. The predicted molar refractivity (Wildman–Crippen MR) is 76.2 cm³/mol. The van der Waals surface area contributed by atoms with Crippen molar-refractivity contribution in [1.29, 1.82) is 0 Å². The standard InChI is InChI=1S/C14H18N4O3/c1-7-5-8(2)18-12(16-7)11(6-15-18)13(19)17-10(4)9(3)14(20)21/h5-6,9-10H,1-4H3,(H,17,19)(H,20,21). The van der Waals surface area contributed by atoms with Gasteiger partial charge < -0.3 is 10.4 Å². The fraction of sp³-hybridized carbons (Fsp3) is 0.429. The number of carboxylic acid groups (broad SMARTS) is 1. The summed E-state index contributed by atoms with van der Waals surface area (Å²) in [4.78, 5) is 27.5. The molecule has 0 saturated carbocycles. The molecule has 7 heteroatoms. The summed E-state index contributed by atoms with van der Waals surface area (Å²) in [6.07, 6.45) is 1.45. The van der Waals surface area contributed by atoms with Gasteiger partial charge in [0.15, 0.2) is 5.65 Å². The Kier molecular flexibility index (Phi) is 3.93. The molecule has 21 heavy (non-hydrogen) atoms. The van der Waals surface area contributed by atoms with Crippen LogP contribution in [-0.4, -0.2) is 37.6 Å². The van der Waals surface area contributed by atoms with Gasteiger partial charge in [-0.05, 0) is 33.8 Å². The number of aryl methyl sites for hydroxylation is 2. The molecule has 2 atom stereocenters. The van der Waals surface area contributed by atoms with Gasteiger partial charge in [-0.1, -0.05) is 0 Å². The number of hydrogen-bond acceptors (Lipinski definition) is 4. The van der Waals surface area contributed by atoms with Crippen molar-refractivity contribution in [3.8, 4) is 0 Å². The molecule has 7 nitrogen and oxygen atoms in total. The molecular weight excluding hydrogens is 272 g/mol. The first-order chi connectivity index (χ1) is 9.81. The summed E-state index contributed by atoms with van der Waals surface area (Å²) in [5.74, 6) is -2.00. The molecule has 1 amide bonds. The van der Waals surface area contributed by atoms with Crippen LogP contribution in [0.2, 0.25) is 0 Å². The van der Waals surface area contributed by atoms with E-state index in [1.807, 2.05) is 19.9 Å². The van der Waals surface area contributed by atoms with Crippen LogP contribution in [0.4, 0.5) is 0 Å². The lowest BCUT2D eigenvalue weighted by atomic mass is 10.0. The van der Waals surface area contributed by atoms with Crippen LogP contribution in [0.1, 0.15) is 35.6 Å². The average molecular weight is 290 g/mol. The minimum atomic E-state index is -0.951. The van der Waals surface area contributed by atoms with Gasteiger partial charge in [0.25, 0.3) is 5.91 Å². The van der Waals surface area contributed by atoms with Crippen LogP contribution in [0.5, 0.6) is 0 Å². The maximum atomic E-state index is 12.3. The second-order valence-electron chi connectivity index (χ2n) is 5.22. The fourth-order valence-electron chi connectivity index (χ4n) is 2.05. The Bertz CT molecular complexity index is 708. The first kappa shape index (κ1) is 15.0. The molecule has 0 radical (unpaired) electrons. The summed E-state index contributed by atoms with van der Waals surface area (Å²) in [7, 11) is 0. The van der Waals surface area contributed by atoms with E-state index in [2.05, 4.69) is 15.4 Å². The van der Waals surface area contributed by atoms with E-state index < -0.39 is 17.9 Å². The third-order valence-corrected chi connectivity index (χ3v) is 3.52. The van der Waals surface area contributed by atoms with Gasteiger partial charge in [-0.3, -0.25) is 9.59 Å². The van der Waals surface area contributed by atoms with Crippen LogP contribution in [-0.2, 0) is 4.79 Å². The van der Waals surface area contributed by atoms with E-state index in [1.54, 1.807) is 18.4 Å². The molecular formula is C14H18N4O3. The van der Waals surface area contributed by atoms with Gasteiger partial charge in [-0.25, -0.2) is 9.50 Å². The topological polar surface area (TPSA) is 96.6 Å². The fourth-order valence-corrected chi connectivity index (χ4v) is 2.05. The second-order valence-corrected chi connectivity index (χ2v) is 5.22. The first-order valence-electron chi connectivity index (χ1n) is 6.67. The summed E-state index contributed by atoms with van der Waals surface area (Å²) in [6, 6.07) is 1.38. The van der Waals surface area contributed by atoms with E-state index >= 15 is 0 Å². The van der Waals surface area contributed by atoms with Crippen molar-refractivity contribution < 1.29 is 14.7 Å². The van der Waals surface area contributed by atoms with E-state index in [9.17, 15) is 9.59 Å². The van der Waals surface area contributed by atoms with Crippen LogP contribution in [0.15, 0.2) is 12.3 Å². The Hall–Kier alpha value is -2.44. The van der Waals surface area contributed by atoms with Crippen LogP contribution in [0, 0.1) is 19.8 Å². The molecule has 2 aromatic rings. The monoisotopic (exact) mass is 290 g/mol. The van der Waals surface area contributed by atoms with Gasteiger partial charge >= 0.3 is 5.97 Å². The third-order valence-electron chi connectivity index (χ3n) is 3.52. The van der Waals surface area contributed by atoms with E-state index in [0.29, 0.717) is 11.2 Å². The van der Waals surface area contributed by atoms with E-state index in [0.717, 1.165) is 11.4 Å². The molecule has 2 rings (SSSR count). The van der Waals surface area contributed by atoms with Gasteiger partial charge in [0.05, 0.1) is 12.1 Å². The van der Waals surface area contributed by atoms with Crippen LogP contribution in [0.25, 0.3) is 5.65 Å². The molecule has 0 aromatic carbocycles. The lowest BCUT2D eigenvalue weighted by molar-refractivity contribution is -0.141. The SMILES string of the molecule is Cc1cc(C)n2ncc(C(=O)NC(C)C(C)C(=O)O)c2n1. The van der Waals surface area contributed by atoms with E-state index in [-0.39, 0.29) is 5.91 Å². The lowest BCUT2D eigenvalue weighted by Crippen LogP contribution is -2.40. The number of carbonyl (C=O) groups is 2. The highest BCUT2D eigenvalue weighted by Gasteiger charge is 2.23. The number of rotatable bonds is 4. The van der Waals surface area contributed by atoms with Crippen LogP contribution < -0.4 is 5.32 Å². The summed E-state index contributed by atoms with van der Waals surface area (Å²) < 4.78 is 1.59. The molecule has 112 valence electrons. The van der Waals surface area contributed by atoms with Crippen molar-refractivity contribution in [1.82, 2.24) is 19.9 Å². The zero-order valence-corrected chi connectivity index (χ0v) is 12.4. The van der Waals surface area contributed by atoms with Crippen molar-refractivity contribution in [3.05, 3.63) is 29.2 Å². The van der Waals surface area contributed by atoms with Crippen LogP contribution >= 0.6 is 0 Å². The molecule has 2 heterocycles. The molecule has 0 saturated heterocycles. The molecule has 0 aliphatic carbocycles. The molecule has 2 aromatic heterocycles. The molecule has 0 bridgehead atoms. The highest BCUT2D eigenvalue weighted by Crippen LogP contribution is 2.13. The number of amides is 1. The Labute approximate surface area is 122 Å². The first-order valence-corrected chi connectivity index (χ1v) is 6.67. The highest BCUT2D eigenvalue weighted by atomic mass is 16.4. The normalized spacial score (nSPS) is 13.9. The lowest BCUT2D eigenvalue weighted by Gasteiger charge is -2.17. The van der Waals surface area contributed by atoms with E-state index in [4.69, 9.17) is 5.11 Å². The van der Waals surface area contributed by atoms with Gasteiger partial charge in [0, 0.05) is 17.4 Å². The number of nitrogens with zero attached hydrogens (tertiary/aromatic N) is 3. The molecule has 0 spiro atoms. The minimum absolute atomic E-state index is 0.339. The number of nitrogens with one attached hydrogen (secondary N) is 1. The number of aliphatic carboxylic acids is 1. The number of aromatic nitrogens is 3. The third kappa shape index (κ3) is 2.86. The number of fused-ring (bicyclic) bond motifs is 1. The molecule has 0 aliphatic rings. The Balaban J connectivity index is 2.30. The quantitative estimate of drug-likeness (QED) is 0.881.